The minimum atomic E-state index is -2.62. The molecule has 4 aromatic rings. The zero-order chi connectivity index (χ0) is 25.3. The largest absolute Gasteiger partial charge is 0.366 e. The molecule has 0 saturated carbocycles. The van der Waals surface area contributed by atoms with Gasteiger partial charge in [-0.2, -0.15) is 10.1 Å². The number of anilines is 1. The van der Waals surface area contributed by atoms with E-state index in [0.717, 1.165) is 17.5 Å². The zero-order valence-corrected chi connectivity index (χ0v) is 20.0. The number of rotatable bonds is 8. The summed E-state index contributed by atoms with van der Waals surface area (Å²) in [6.45, 7) is 7.96. The van der Waals surface area contributed by atoms with Crippen molar-refractivity contribution in [2.75, 3.05) is 5.73 Å². The monoisotopic (exact) mass is 482 g/mol. The van der Waals surface area contributed by atoms with Crippen LogP contribution in [0.15, 0.2) is 43.0 Å². The number of hydrogen-bond donors (Lipinski definition) is 2. The fourth-order valence-electron chi connectivity index (χ4n) is 3.93. The lowest BCUT2D eigenvalue weighted by Gasteiger charge is -2.22. The summed E-state index contributed by atoms with van der Waals surface area (Å²) >= 11 is 0. The van der Waals surface area contributed by atoms with Crippen molar-refractivity contribution in [1.29, 1.82) is 0 Å². The van der Waals surface area contributed by atoms with Crippen molar-refractivity contribution in [1.82, 2.24) is 34.7 Å². The van der Waals surface area contributed by atoms with Gasteiger partial charge in [0, 0.05) is 35.8 Å². The Labute approximate surface area is 201 Å². The number of nitrogens with zero attached hydrogens (tertiary/aromatic N) is 6. The number of carbonyl (C=O) groups is 1. The molecule has 0 saturated heterocycles. The maximum atomic E-state index is 13.0. The van der Waals surface area contributed by atoms with Crippen LogP contribution in [0.25, 0.3) is 16.8 Å². The van der Waals surface area contributed by atoms with Gasteiger partial charge in [0.1, 0.15) is 5.69 Å². The molecule has 35 heavy (non-hydrogen) atoms. The number of amides is 1. The van der Waals surface area contributed by atoms with Gasteiger partial charge in [-0.15, -0.1) is 5.10 Å². The van der Waals surface area contributed by atoms with Crippen LogP contribution in [0.1, 0.15) is 68.2 Å². The molecule has 11 heteroatoms. The molecule has 4 heterocycles. The molecule has 4 aromatic heterocycles. The average molecular weight is 483 g/mol. The Bertz CT molecular complexity index is 1330. The van der Waals surface area contributed by atoms with Crippen molar-refractivity contribution in [3.63, 3.8) is 0 Å². The number of carbonyl (C=O) groups excluding carboxylic acids is 1. The van der Waals surface area contributed by atoms with Gasteiger partial charge in [0.25, 0.3) is 12.3 Å². The van der Waals surface area contributed by atoms with Crippen LogP contribution in [0.4, 0.5) is 14.7 Å². The first-order valence-electron chi connectivity index (χ1n) is 11.4. The smallest absolute Gasteiger partial charge is 0.280 e. The Morgan fingerprint density at radius 1 is 1.14 bits per heavy atom. The summed E-state index contributed by atoms with van der Waals surface area (Å²) in [4.78, 5) is 21.1. The molecule has 4 rings (SSSR count). The maximum absolute atomic E-state index is 13.0. The molecule has 0 spiro atoms. The first-order valence-corrected chi connectivity index (χ1v) is 11.4. The summed E-state index contributed by atoms with van der Waals surface area (Å²) in [6, 6.07) is 4.51. The highest BCUT2D eigenvalue weighted by Crippen LogP contribution is 2.30. The molecule has 2 atom stereocenters. The van der Waals surface area contributed by atoms with Crippen LogP contribution in [0.2, 0.25) is 0 Å². The maximum Gasteiger partial charge on any atom is 0.280 e. The standard InChI is InChI=1S/C24H28F2N8O/c1-5-14(4)30-23(35)18-8-16(11-34-22(18)31-24(27)32-34)17-10-29-33(12-17)20(13(2)3)15-6-7-19(21(25)26)28-9-15/h6-14,20-21H,5H2,1-4H3,(H2,27,32)(H,30,35). The summed E-state index contributed by atoms with van der Waals surface area (Å²) in [5, 5.41) is 11.7. The number of aromatic nitrogens is 6. The predicted molar refractivity (Wildman–Crippen MR) is 128 cm³/mol. The van der Waals surface area contributed by atoms with Crippen LogP contribution in [0.5, 0.6) is 0 Å². The lowest BCUT2D eigenvalue weighted by Crippen LogP contribution is -2.32. The lowest BCUT2D eigenvalue weighted by molar-refractivity contribution is 0.0940. The molecule has 0 aliphatic carbocycles. The number of fused-ring (bicyclic) bond motifs is 1. The van der Waals surface area contributed by atoms with E-state index in [0.29, 0.717) is 16.8 Å². The summed E-state index contributed by atoms with van der Waals surface area (Å²) in [5.41, 5.74) is 8.49. The Morgan fingerprint density at radius 2 is 1.91 bits per heavy atom. The van der Waals surface area contributed by atoms with E-state index in [1.54, 1.807) is 29.2 Å². The second-order valence-corrected chi connectivity index (χ2v) is 8.88. The van der Waals surface area contributed by atoms with Gasteiger partial charge >= 0.3 is 0 Å². The number of nitrogens with one attached hydrogen (secondary N) is 1. The second kappa shape index (κ2) is 9.77. The van der Waals surface area contributed by atoms with E-state index in [1.165, 1.54) is 16.8 Å². The van der Waals surface area contributed by atoms with Crippen molar-refractivity contribution in [2.45, 2.75) is 52.6 Å². The minimum absolute atomic E-state index is 0.00825. The van der Waals surface area contributed by atoms with Crippen LogP contribution in [-0.2, 0) is 0 Å². The van der Waals surface area contributed by atoms with E-state index in [1.807, 2.05) is 33.9 Å². The third-order valence-electron chi connectivity index (χ3n) is 5.91. The third kappa shape index (κ3) is 4.98. The third-order valence-corrected chi connectivity index (χ3v) is 5.91. The van der Waals surface area contributed by atoms with Crippen molar-refractivity contribution >= 4 is 17.5 Å². The van der Waals surface area contributed by atoms with Crippen molar-refractivity contribution in [2.24, 2.45) is 5.92 Å². The first kappa shape index (κ1) is 24.2. The second-order valence-electron chi connectivity index (χ2n) is 8.88. The molecule has 0 aliphatic rings. The van der Waals surface area contributed by atoms with E-state index in [2.05, 4.69) is 25.5 Å². The molecule has 0 fully saturated rings. The molecule has 2 unspecified atom stereocenters. The van der Waals surface area contributed by atoms with Crippen molar-refractivity contribution in [3.8, 4) is 11.1 Å². The topological polar surface area (TPSA) is 116 Å². The highest BCUT2D eigenvalue weighted by molar-refractivity contribution is 6.01. The zero-order valence-electron chi connectivity index (χ0n) is 20.0. The summed E-state index contributed by atoms with van der Waals surface area (Å²) in [6.07, 6.45) is 4.91. The predicted octanol–water partition coefficient (Wildman–Crippen LogP) is 4.28. The molecule has 184 valence electrons. The van der Waals surface area contributed by atoms with Gasteiger partial charge in [-0.25, -0.2) is 13.3 Å². The molecular weight excluding hydrogens is 454 g/mol. The molecule has 0 radical (unpaired) electrons. The molecule has 3 N–H and O–H groups in total. The fraction of sp³-hybridized carbons (Fsp3) is 0.375. The van der Waals surface area contributed by atoms with Crippen LogP contribution in [-0.4, -0.2) is 41.3 Å². The van der Waals surface area contributed by atoms with E-state index in [4.69, 9.17) is 5.73 Å². The van der Waals surface area contributed by atoms with Gasteiger partial charge in [0.05, 0.1) is 17.8 Å². The minimum Gasteiger partial charge on any atom is -0.366 e. The number of nitrogen functional groups attached to an aromatic ring is 1. The van der Waals surface area contributed by atoms with E-state index < -0.39 is 6.43 Å². The van der Waals surface area contributed by atoms with Crippen LogP contribution in [0.3, 0.4) is 0 Å². The van der Waals surface area contributed by atoms with Gasteiger partial charge in [0.15, 0.2) is 5.65 Å². The number of pyridine rings is 2. The quantitative estimate of drug-likeness (QED) is 0.387. The van der Waals surface area contributed by atoms with Crippen LogP contribution >= 0.6 is 0 Å². The highest BCUT2D eigenvalue weighted by Gasteiger charge is 2.22. The highest BCUT2D eigenvalue weighted by atomic mass is 19.3. The molecule has 0 aliphatic heterocycles. The molecule has 0 bridgehead atoms. The van der Waals surface area contributed by atoms with Gasteiger partial charge in [-0.3, -0.25) is 14.5 Å². The molecule has 0 aromatic carbocycles. The van der Waals surface area contributed by atoms with Gasteiger partial charge in [0.2, 0.25) is 5.95 Å². The fourth-order valence-corrected chi connectivity index (χ4v) is 3.93. The Balaban J connectivity index is 1.73. The van der Waals surface area contributed by atoms with Gasteiger partial charge < -0.3 is 11.1 Å². The lowest BCUT2D eigenvalue weighted by atomic mass is 9.97. The van der Waals surface area contributed by atoms with E-state index in [-0.39, 0.29) is 35.6 Å². The number of halogens is 2. The van der Waals surface area contributed by atoms with Crippen LogP contribution < -0.4 is 11.1 Å². The first-order chi connectivity index (χ1) is 16.7. The molecular formula is C24H28F2N8O. The normalized spacial score (nSPS) is 13.5. The van der Waals surface area contributed by atoms with Crippen LogP contribution in [0, 0.1) is 5.92 Å². The number of hydrogen-bond acceptors (Lipinski definition) is 6. The number of alkyl halides is 2. The molecule has 1 amide bonds. The van der Waals surface area contributed by atoms with Gasteiger partial charge in [-0.1, -0.05) is 26.8 Å². The van der Waals surface area contributed by atoms with Gasteiger partial charge in [-0.05, 0) is 37.0 Å². The summed E-state index contributed by atoms with van der Waals surface area (Å²) in [5.74, 6) is -0.0947. The van der Waals surface area contributed by atoms with E-state index >= 15 is 0 Å². The van der Waals surface area contributed by atoms with Crippen molar-refractivity contribution < 1.29 is 13.6 Å². The Hall–Kier alpha value is -3.89. The number of nitrogens with two attached hydrogens (primary N) is 1. The molecule has 9 nitrogen and oxygen atoms in total. The SMILES string of the molecule is CCC(C)NC(=O)c1cc(-c2cnn(C(c3ccc(C(F)F)nc3)C(C)C)c2)cn2nc(N)nc12. The average Bonchev–Trinajstić information content (AvgIpc) is 3.44. The summed E-state index contributed by atoms with van der Waals surface area (Å²) < 4.78 is 29.1. The van der Waals surface area contributed by atoms with Crippen molar-refractivity contribution in [3.05, 3.63) is 59.8 Å². The Morgan fingerprint density at radius 3 is 2.54 bits per heavy atom. The Kier molecular flexibility index (Phi) is 6.77. The van der Waals surface area contributed by atoms with E-state index in [9.17, 15) is 13.6 Å². The summed E-state index contributed by atoms with van der Waals surface area (Å²) in [7, 11) is 0.